The molecule has 0 saturated heterocycles. The molecule has 0 aliphatic carbocycles. The van der Waals surface area contributed by atoms with Crippen LogP contribution < -0.4 is 0 Å². The van der Waals surface area contributed by atoms with E-state index < -0.39 is 5.97 Å². The first-order chi connectivity index (χ1) is 8.17. The molecule has 0 spiro atoms. The zero-order chi connectivity index (χ0) is 12.4. The minimum absolute atomic E-state index is 0.0408. The summed E-state index contributed by atoms with van der Waals surface area (Å²) in [5, 5.41) is 17.9. The minimum Gasteiger partial charge on any atom is -0.478 e. The number of aliphatic hydroxyl groups excluding tert-OH is 1. The van der Waals surface area contributed by atoms with Crippen molar-refractivity contribution in [3.05, 3.63) is 29.6 Å². The summed E-state index contributed by atoms with van der Waals surface area (Å²) >= 11 is 0. The maximum absolute atomic E-state index is 10.9. The van der Waals surface area contributed by atoms with Crippen LogP contribution in [-0.4, -0.2) is 32.3 Å². The van der Waals surface area contributed by atoms with Crippen molar-refractivity contribution in [3.8, 4) is 0 Å². The first-order valence-corrected chi connectivity index (χ1v) is 5.50. The number of hydrogen-bond donors (Lipinski definition) is 2. The monoisotopic (exact) mass is 234 g/mol. The molecular weight excluding hydrogens is 220 g/mol. The Bertz CT molecular complexity index is 560. The number of aryl methyl sites for hydroxylation is 1. The van der Waals surface area contributed by atoms with Gasteiger partial charge in [-0.25, -0.2) is 9.78 Å². The van der Waals surface area contributed by atoms with Crippen LogP contribution in [0.15, 0.2) is 18.2 Å². The van der Waals surface area contributed by atoms with Crippen molar-refractivity contribution in [3.63, 3.8) is 0 Å². The third-order valence-corrected chi connectivity index (χ3v) is 2.71. The van der Waals surface area contributed by atoms with E-state index in [9.17, 15) is 4.79 Å². The van der Waals surface area contributed by atoms with Crippen LogP contribution >= 0.6 is 0 Å². The summed E-state index contributed by atoms with van der Waals surface area (Å²) < 4.78 is 1.92. The first-order valence-electron chi connectivity index (χ1n) is 5.50. The number of aliphatic hydroxyl groups is 1. The van der Waals surface area contributed by atoms with Gasteiger partial charge in [-0.1, -0.05) is 6.92 Å². The second kappa shape index (κ2) is 4.55. The van der Waals surface area contributed by atoms with Crippen molar-refractivity contribution in [1.82, 2.24) is 9.55 Å². The van der Waals surface area contributed by atoms with Crippen molar-refractivity contribution >= 4 is 17.0 Å². The highest BCUT2D eigenvalue weighted by atomic mass is 16.4. The van der Waals surface area contributed by atoms with E-state index in [-0.39, 0.29) is 12.2 Å². The molecule has 0 bridgehead atoms. The van der Waals surface area contributed by atoms with Gasteiger partial charge >= 0.3 is 5.97 Å². The molecule has 2 N–H and O–H groups in total. The molecule has 0 saturated carbocycles. The molecule has 0 unspecified atom stereocenters. The van der Waals surface area contributed by atoms with E-state index in [4.69, 9.17) is 10.2 Å². The van der Waals surface area contributed by atoms with Gasteiger partial charge in [-0.2, -0.15) is 0 Å². The normalized spacial score (nSPS) is 10.9. The first kappa shape index (κ1) is 11.6. The zero-order valence-corrected chi connectivity index (χ0v) is 9.55. The van der Waals surface area contributed by atoms with Gasteiger partial charge in [-0.05, 0) is 18.2 Å². The van der Waals surface area contributed by atoms with E-state index in [0.29, 0.717) is 12.1 Å². The van der Waals surface area contributed by atoms with Crippen LogP contribution in [-0.2, 0) is 13.0 Å². The maximum atomic E-state index is 10.9. The lowest BCUT2D eigenvalue weighted by molar-refractivity contribution is 0.0697. The van der Waals surface area contributed by atoms with Gasteiger partial charge in [-0.3, -0.25) is 0 Å². The number of carboxylic acids is 1. The van der Waals surface area contributed by atoms with E-state index >= 15 is 0 Å². The summed E-state index contributed by atoms with van der Waals surface area (Å²) in [6, 6.07) is 4.85. The molecule has 0 fully saturated rings. The summed E-state index contributed by atoms with van der Waals surface area (Å²) in [5.74, 6) is -0.0988. The molecular formula is C12H14N2O3. The molecule has 0 amide bonds. The zero-order valence-electron chi connectivity index (χ0n) is 9.55. The van der Waals surface area contributed by atoms with Crippen molar-refractivity contribution in [1.29, 1.82) is 0 Å². The van der Waals surface area contributed by atoms with Gasteiger partial charge in [-0.15, -0.1) is 0 Å². The lowest BCUT2D eigenvalue weighted by atomic mass is 10.2. The van der Waals surface area contributed by atoms with E-state index in [1.807, 2.05) is 11.5 Å². The average Bonchev–Trinajstić information content (AvgIpc) is 2.67. The molecule has 90 valence electrons. The Kier molecular flexibility index (Phi) is 3.10. The number of hydrogen-bond acceptors (Lipinski definition) is 3. The number of carbonyl (C=O) groups is 1. The van der Waals surface area contributed by atoms with Crippen LogP contribution in [0.25, 0.3) is 11.0 Å². The fourth-order valence-corrected chi connectivity index (χ4v) is 1.93. The summed E-state index contributed by atoms with van der Waals surface area (Å²) in [6.07, 6.45) is 0.747. The number of aromatic carboxylic acids is 1. The standard InChI is InChI=1S/C12H14N2O3/c1-2-11-13-9-7-8(12(16)17)3-4-10(9)14(11)5-6-15/h3-4,7,15H,2,5-6H2,1H3,(H,16,17). The van der Waals surface area contributed by atoms with Crippen LogP contribution in [0.1, 0.15) is 23.1 Å². The highest BCUT2D eigenvalue weighted by Crippen LogP contribution is 2.18. The number of fused-ring (bicyclic) bond motifs is 1. The fraction of sp³-hybridized carbons (Fsp3) is 0.333. The van der Waals surface area contributed by atoms with Gasteiger partial charge in [0.2, 0.25) is 0 Å². The van der Waals surface area contributed by atoms with E-state index in [2.05, 4.69) is 4.98 Å². The maximum Gasteiger partial charge on any atom is 0.335 e. The molecule has 0 aliphatic rings. The van der Waals surface area contributed by atoms with Crippen LogP contribution in [0.3, 0.4) is 0 Å². The Morgan fingerprint density at radius 2 is 2.24 bits per heavy atom. The molecule has 5 nitrogen and oxygen atoms in total. The Labute approximate surface area is 98.3 Å². The number of imidazole rings is 1. The molecule has 2 aromatic rings. The molecule has 1 heterocycles. The number of aromatic nitrogens is 2. The minimum atomic E-state index is -0.957. The van der Waals surface area contributed by atoms with Crippen LogP contribution in [0, 0.1) is 0 Å². The number of rotatable bonds is 4. The van der Waals surface area contributed by atoms with Crippen molar-refractivity contribution in [2.24, 2.45) is 0 Å². The molecule has 17 heavy (non-hydrogen) atoms. The lowest BCUT2D eigenvalue weighted by Crippen LogP contribution is -2.06. The Morgan fingerprint density at radius 1 is 1.47 bits per heavy atom. The predicted octanol–water partition coefficient (Wildman–Crippen LogP) is 1.29. The Balaban J connectivity index is 2.61. The SMILES string of the molecule is CCc1nc2cc(C(=O)O)ccc2n1CCO. The lowest BCUT2D eigenvalue weighted by Gasteiger charge is -2.05. The van der Waals surface area contributed by atoms with Crippen molar-refractivity contribution in [2.75, 3.05) is 6.61 Å². The van der Waals surface area contributed by atoms with E-state index in [0.717, 1.165) is 17.8 Å². The largest absolute Gasteiger partial charge is 0.478 e. The van der Waals surface area contributed by atoms with Crippen molar-refractivity contribution in [2.45, 2.75) is 19.9 Å². The molecule has 2 rings (SSSR count). The Hall–Kier alpha value is -1.88. The van der Waals surface area contributed by atoms with Gasteiger partial charge in [0.05, 0.1) is 23.2 Å². The van der Waals surface area contributed by atoms with Crippen molar-refractivity contribution < 1.29 is 15.0 Å². The summed E-state index contributed by atoms with van der Waals surface area (Å²) in [5.41, 5.74) is 1.75. The fourth-order valence-electron chi connectivity index (χ4n) is 1.93. The topological polar surface area (TPSA) is 75.3 Å². The number of benzene rings is 1. The smallest absolute Gasteiger partial charge is 0.335 e. The second-order valence-corrected chi connectivity index (χ2v) is 3.77. The van der Waals surface area contributed by atoms with Crippen LogP contribution in [0.5, 0.6) is 0 Å². The predicted molar refractivity (Wildman–Crippen MR) is 63.2 cm³/mol. The number of nitrogens with zero attached hydrogens (tertiary/aromatic N) is 2. The Morgan fingerprint density at radius 3 is 2.82 bits per heavy atom. The van der Waals surface area contributed by atoms with Gasteiger partial charge in [0.25, 0.3) is 0 Å². The van der Waals surface area contributed by atoms with Crippen LogP contribution in [0.4, 0.5) is 0 Å². The summed E-state index contributed by atoms with van der Waals surface area (Å²) in [4.78, 5) is 15.2. The van der Waals surface area contributed by atoms with Gasteiger partial charge in [0.15, 0.2) is 0 Å². The van der Waals surface area contributed by atoms with Gasteiger partial charge < -0.3 is 14.8 Å². The van der Waals surface area contributed by atoms with Gasteiger partial charge in [0.1, 0.15) is 5.82 Å². The summed E-state index contributed by atoms with van der Waals surface area (Å²) in [7, 11) is 0. The van der Waals surface area contributed by atoms with E-state index in [1.54, 1.807) is 18.2 Å². The summed E-state index contributed by atoms with van der Waals surface area (Å²) in [6.45, 7) is 2.50. The molecule has 1 aromatic heterocycles. The molecule has 1 aromatic carbocycles. The third-order valence-electron chi connectivity index (χ3n) is 2.71. The quantitative estimate of drug-likeness (QED) is 0.835. The van der Waals surface area contributed by atoms with E-state index in [1.165, 1.54) is 0 Å². The highest BCUT2D eigenvalue weighted by molar-refractivity contribution is 5.92. The second-order valence-electron chi connectivity index (χ2n) is 3.77. The highest BCUT2D eigenvalue weighted by Gasteiger charge is 2.11. The number of carboxylic acid groups (broad SMARTS) is 1. The van der Waals surface area contributed by atoms with Crippen LogP contribution in [0.2, 0.25) is 0 Å². The molecule has 5 heteroatoms. The average molecular weight is 234 g/mol. The third kappa shape index (κ3) is 2.01. The molecule has 0 radical (unpaired) electrons. The molecule has 0 atom stereocenters. The van der Waals surface area contributed by atoms with Gasteiger partial charge in [0, 0.05) is 13.0 Å². The molecule has 0 aliphatic heterocycles.